The molecule has 0 aromatic heterocycles. The molecule has 3 aliphatic rings. The highest BCUT2D eigenvalue weighted by molar-refractivity contribution is 5.40. The van der Waals surface area contributed by atoms with Crippen LogP contribution >= 0.6 is 0 Å². The summed E-state index contributed by atoms with van der Waals surface area (Å²) < 4.78 is 60.6. The van der Waals surface area contributed by atoms with Crippen molar-refractivity contribution in [2.45, 2.75) is 109 Å². The van der Waals surface area contributed by atoms with E-state index in [1.165, 1.54) is 69.9 Å². The zero-order chi connectivity index (χ0) is 28.5. The molecule has 3 fully saturated rings. The molecule has 0 bridgehead atoms. The van der Waals surface area contributed by atoms with Gasteiger partial charge in [0, 0.05) is 5.92 Å². The second-order valence-electron chi connectivity index (χ2n) is 12.5. The SMILES string of the molecule is C#CC#COc1ccc(CCC2CCC(C=CC3CCC(C4CCC(CC)CC4)CC3)CC2)c(C(F)(F)F)c1F. The molecule has 0 spiro atoms. The van der Waals surface area contributed by atoms with Crippen LogP contribution < -0.4 is 4.74 Å². The van der Waals surface area contributed by atoms with Gasteiger partial charge < -0.3 is 4.74 Å². The molecule has 5 heteroatoms. The third-order valence-corrected chi connectivity index (χ3v) is 10.1. The fourth-order valence-corrected chi connectivity index (χ4v) is 7.52. The van der Waals surface area contributed by atoms with E-state index in [-0.39, 0.29) is 12.0 Å². The standard InChI is InChI=1S/C35H44F4O/c1-3-5-24-40-32-23-22-31(33(34(32)36)35(37,38)39)21-16-27-9-6-26(7-10-27)8-11-28-14-19-30(20-15-28)29-17-12-25(4-2)13-18-29/h1,8,11,22-23,25-30H,4,6-7,9-10,12-21H2,2H3. The minimum absolute atomic E-state index is 0.0294. The highest BCUT2D eigenvalue weighted by Gasteiger charge is 2.38. The number of halogens is 4. The van der Waals surface area contributed by atoms with Crippen LogP contribution in [-0.4, -0.2) is 0 Å². The Kier molecular flexibility index (Phi) is 11.1. The number of benzene rings is 1. The van der Waals surface area contributed by atoms with Crippen molar-refractivity contribution in [2.75, 3.05) is 0 Å². The Balaban J connectivity index is 1.21. The van der Waals surface area contributed by atoms with E-state index >= 15 is 0 Å². The summed E-state index contributed by atoms with van der Waals surface area (Å²) in [6.07, 6.45) is 24.6. The van der Waals surface area contributed by atoms with Crippen molar-refractivity contribution >= 4 is 0 Å². The smallest absolute Gasteiger partial charge is 0.403 e. The van der Waals surface area contributed by atoms with E-state index in [0.29, 0.717) is 24.2 Å². The van der Waals surface area contributed by atoms with Crippen molar-refractivity contribution in [1.82, 2.24) is 0 Å². The van der Waals surface area contributed by atoms with Crippen molar-refractivity contribution < 1.29 is 22.3 Å². The van der Waals surface area contributed by atoms with Crippen LogP contribution in [0.4, 0.5) is 17.6 Å². The van der Waals surface area contributed by atoms with E-state index in [4.69, 9.17) is 11.2 Å². The van der Waals surface area contributed by atoms with Crippen molar-refractivity contribution in [1.29, 1.82) is 0 Å². The number of alkyl halides is 3. The van der Waals surface area contributed by atoms with Gasteiger partial charge in [0.15, 0.2) is 11.6 Å². The maximum Gasteiger partial charge on any atom is 0.419 e. The lowest BCUT2D eigenvalue weighted by Crippen LogP contribution is -2.25. The Hall–Kier alpha value is -2.40. The number of rotatable bonds is 8. The van der Waals surface area contributed by atoms with Crippen LogP contribution in [0.2, 0.25) is 0 Å². The molecule has 3 aliphatic carbocycles. The minimum Gasteiger partial charge on any atom is -0.403 e. The molecule has 1 aromatic rings. The Morgan fingerprint density at radius 1 is 0.850 bits per heavy atom. The molecule has 4 rings (SSSR count). The summed E-state index contributed by atoms with van der Waals surface area (Å²) in [6, 6.07) is 2.51. The highest BCUT2D eigenvalue weighted by atomic mass is 19.4. The van der Waals surface area contributed by atoms with E-state index < -0.39 is 23.3 Å². The third kappa shape index (κ3) is 8.31. The van der Waals surface area contributed by atoms with Gasteiger partial charge in [-0.05, 0) is 130 Å². The van der Waals surface area contributed by atoms with Gasteiger partial charge >= 0.3 is 6.18 Å². The van der Waals surface area contributed by atoms with E-state index in [1.54, 1.807) is 0 Å². The van der Waals surface area contributed by atoms with Crippen LogP contribution in [0.15, 0.2) is 24.3 Å². The van der Waals surface area contributed by atoms with Crippen molar-refractivity contribution in [3.05, 3.63) is 41.2 Å². The maximum atomic E-state index is 14.7. The number of allylic oxidation sites excluding steroid dienone is 2. The van der Waals surface area contributed by atoms with Crippen LogP contribution in [-0.2, 0) is 12.6 Å². The quantitative estimate of drug-likeness (QED) is 0.176. The van der Waals surface area contributed by atoms with Gasteiger partial charge in [-0.1, -0.05) is 44.4 Å². The first-order valence-electron chi connectivity index (χ1n) is 15.5. The molecule has 1 nitrogen and oxygen atoms in total. The van der Waals surface area contributed by atoms with Crippen LogP contribution in [0.25, 0.3) is 0 Å². The average molecular weight is 557 g/mol. The second kappa shape index (κ2) is 14.5. The molecule has 3 saturated carbocycles. The molecule has 0 radical (unpaired) electrons. The molecule has 0 unspecified atom stereocenters. The van der Waals surface area contributed by atoms with Gasteiger partial charge in [-0.3, -0.25) is 0 Å². The summed E-state index contributed by atoms with van der Waals surface area (Å²) in [5.74, 6) is 6.63. The summed E-state index contributed by atoms with van der Waals surface area (Å²) in [6.45, 7) is 2.34. The fraction of sp³-hybridized carbons (Fsp3) is 0.657. The van der Waals surface area contributed by atoms with Gasteiger partial charge in [0.2, 0.25) is 0 Å². The molecular formula is C35H44F4O. The predicted octanol–water partition coefficient (Wildman–Crippen LogP) is 10.1. The zero-order valence-corrected chi connectivity index (χ0v) is 23.9. The topological polar surface area (TPSA) is 9.23 Å². The molecule has 0 heterocycles. The van der Waals surface area contributed by atoms with E-state index in [9.17, 15) is 17.6 Å². The van der Waals surface area contributed by atoms with Gasteiger partial charge in [0.1, 0.15) is 6.11 Å². The molecule has 0 aliphatic heterocycles. The monoisotopic (exact) mass is 556 g/mol. The van der Waals surface area contributed by atoms with E-state index in [1.807, 2.05) is 12.0 Å². The lowest BCUT2D eigenvalue weighted by Gasteiger charge is -2.37. The summed E-state index contributed by atoms with van der Waals surface area (Å²) in [7, 11) is 0. The zero-order valence-electron chi connectivity index (χ0n) is 23.9. The van der Waals surface area contributed by atoms with E-state index in [0.717, 1.165) is 43.4 Å². The molecule has 1 aromatic carbocycles. The Labute approximate surface area is 238 Å². The van der Waals surface area contributed by atoms with Gasteiger partial charge in [-0.15, -0.1) is 6.42 Å². The molecule has 0 atom stereocenters. The largest absolute Gasteiger partial charge is 0.419 e. The lowest BCUT2D eigenvalue weighted by molar-refractivity contribution is -0.140. The van der Waals surface area contributed by atoms with Gasteiger partial charge in [0.25, 0.3) is 0 Å². The van der Waals surface area contributed by atoms with Gasteiger partial charge in [-0.2, -0.15) is 13.2 Å². The second-order valence-corrected chi connectivity index (χ2v) is 12.5. The Morgan fingerprint density at radius 3 is 1.95 bits per heavy atom. The molecule has 0 amide bonds. The Bertz CT molecular complexity index is 1080. The molecular weight excluding hydrogens is 512 g/mol. The minimum atomic E-state index is -4.81. The van der Waals surface area contributed by atoms with Crippen LogP contribution in [0.3, 0.4) is 0 Å². The van der Waals surface area contributed by atoms with E-state index in [2.05, 4.69) is 25.0 Å². The third-order valence-electron chi connectivity index (χ3n) is 10.1. The number of hydrogen-bond donors (Lipinski definition) is 0. The van der Waals surface area contributed by atoms with Crippen molar-refractivity contribution in [3.63, 3.8) is 0 Å². The van der Waals surface area contributed by atoms with Crippen LogP contribution in [0, 0.1) is 65.7 Å². The Morgan fingerprint density at radius 2 is 1.40 bits per heavy atom. The number of aryl methyl sites for hydroxylation is 1. The van der Waals surface area contributed by atoms with Crippen LogP contribution in [0.5, 0.6) is 5.75 Å². The maximum absolute atomic E-state index is 14.7. The van der Waals surface area contributed by atoms with Crippen LogP contribution in [0.1, 0.15) is 108 Å². The fourth-order valence-electron chi connectivity index (χ4n) is 7.52. The van der Waals surface area contributed by atoms with Gasteiger partial charge in [0.05, 0.1) is 5.56 Å². The normalized spacial score (nSPS) is 29.4. The summed E-state index contributed by atoms with van der Waals surface area (Å²) in [4.78, 5) is 0. The molecule has 40 heavy (non-hydrogen) atoms. The summed E-state index contributed by atoms with van der Waals surface area (Å²) >= 11 is 0. The molecule has 0 N–H and O–H groups in total. The first kappa shape index (κ1) is 30.6. The summed E-state index contributed by atoms with van der Waals surface area (Å²) in [5, 5.41) is 0. The lowest BCUT2D eigenvalue weighted by atomic mass is 9.69. The average Bonchev–Trinajstić information content (AvgIpc) is 2.96. The predicted molar refractivity (Wildman–Crippen MR) is 153 cm³/mol. The first-order valence-corrected chi connectivity index (χ1v) is 15.5. The summed E-state index contributed by atoms with van der Waals surface area (Å²) in [5.41, 5.74) is -1.29. The van der Waals surface area contributed by atoms with Crippen molar-refractivity contribution in [3.8, 4) is 30.1 Å². The molecule has 0 saturated heterocycles. The number of terminal acetylenes is 1. The highest BCUT2D eigenvalue weighted by Crippen LogP contribution is 2.43. The first-order chi connectivity index (χ1) is 19.3. The molecule has 218 valence electrons. The van der Waals surface area contributed by atoms with Gasteiger partial charge in [-0.25, -0.2) is 4.39 Å². The number of ether oxygens (including phenoxy) is 1. The van der Waals surface area contributed by atoms with Crippen molar-refractivity contribution in [2.24, 2.45) is 35.5 Å². The number of hydrogen-bond acceptors (Lipinski definition) is 1.